The topological polar surface area (TPSA) is 153 Å². The summed E-state index contributed by atoms with van der Waals surface area (Å²) in [6.45, 7) is 4.41. The van der Waals surface area contributed by atoms with E-state index in [0.29, 0.717) is 30.9 Å². The van der Waals surface area contributed by atoms with Gasteiger partial charge in [-0.15, -0.1) is 11.3 Å². The summed E-state index contributed by atoms with van der Waals surface area (Å²) in [7, 11) is 2.06. The summed E-state index contributed by atoms with van der Waals surface area (Å²) in [4.78, 5) is 59.9. The zero-order valence-corrected chi connectivity index (χ0v) is 32.3. The number of piperidine rings is 1. The van der Waals surface area contributed by atoms with Gasteiger partial charge in [-0.25, -0.2) is 4.98 Å². The Morgan fingerprint density at radius 3 is 2.09 bits per heavy atom. The Balaban J connectivity index is 0.000000403. The van der Waals surface area contributed by atoms with Crippen molar-refractivity contribution in [3.8, 4) is 0 Å². The molecule has 1 aromatic heterocycles. The molecule has 1 fully saturated rings. The minimum absolute atomic E-state index is 0.186. The van der Waals surface area contributed by atoms with Crippen LogP contribution in [0, 0.1) is 11.3 Å². The Labute approximate surface area is 324 Å². The molecule has 12 heteroatoms. The molecule has 0 saturated carbocycles. The molecule has 4 aromatic rings. The van der Waals surface area contributed by atoms with E-state index in [1.807, 2.05) is 25.1 Å². The van der Waals surface area contributed by atoms with E-state index in [0.717, 1.165) is 56.4 Å². The van der Waals surface area contributed by atoms with Gasteiger partial charge in [-0.3, -0.25) is 24.6 Å². The fourth-order valence-electron chi connectivity index (χ4n) is 6.36. The van der Waals surface area contributed by atoms with Crippen molar-refractivity contribution in [2.75, 3.05) is 46.3 Å². The minimum atomic E-state index is -0.723. The molecular formula is C42H55N7O4S. The third kappa shape index (κ3) is 16.2. The van der Waals surface area contributed by atoms with Gasteiger partial charge in [0.05, 0.1) is 18.9 Å². The highest BCUT2D eigenvalue weighted by atomic mass is 32.1. The van der Waals surface area contributed by atoms with Crippen molar-refractivity contribution in [1.29, 1.82) is 5.41 Å². The lowest BCUT2D eigenvalue weighted by atomic mass is 9.90. The first-order chi connectivity index (χ1) is 26.3. The lowest BCUT2D eigenvalue weighted by Gasteiger charge is -2.32. The third-order valence-corrected chi connectivity index (χ3v) is 9.77. The number of nitrogens with one attached hydrogen (secondary N) is 2. The van der Waals surface area contributed by atoms with Crippen LogP contribution in [0.5, 0.6) is 0 Å². The van der Waals surface area contributed by atoms with Crippen LogP contribution in [0.2, 0.25) is 0 Å². The van der Waals surface area contributed by atoms with Crippen LogP contribution in [0.4, 0.5) is 0 Å². The number of benzene rings is 3. The molecule has 0 radical (unpaired) electrons. The van der Waals surface area contributed by atoms with Crippen LogP contribution in [-0.2, 0) is 27.2 Å². The zero-order chi connectivity index (χ0) is 39.0. The molecule has 2 heterocycles. The Morgan fingerprint density at radius 2 is 1.57 bits per heavy atom. The van der Waals surface area contributed by atoms with Crippen molar-refractivity contribution in [3.05, 3.63) is 124 Å². The molecule has 3 aromatic carbocycles. The van der Waals surface area contributed by atoms with Gasteiger partial charge in [0, 0.05) is 31.2 Å². The molecule has 11 nitrogen and oxygen atoms in total. The number of likely N-dealkylation sites (N-methyl/N-ethyl adjacent to an activating group) is 1. The largest absolute Gasteiger partial charge is 0.390 e. The smallest absolute Gasteiger partial charge is 0.242 e. The third-order valence-electron chi connectivity index (χ3n) is 8.98. The van der Waals surface area contributed by atoms with Crippen LogP contribution in [0.25, 0.3) is 0 Å². The number of Topliss-reactive ketones (excluding diaryl/α,β-unsaturated/α-hetero) is 1. The lowest BCUT2D eigenvalue weighted by Crippen LogP contribution is -2.49. The fourth-order valence-corrected chi connectivity index (χ4v) is 6.99. The van der Waals surface area contributed by atoms with Gasteiger partial charge in [-0.2, -0.15) is 0 Å². The van der Waals surface area contributed by atoms with E-state index in [4.69, 9.17) is 5.41 Å². The highest BCUT2D eigenvalue weighted by Gasteiger charge is 2.29. The number of aryl methyl sites for hydroxylation is 1. The maximum atomic E-state index is 13.1. The second-order valence-corrected chi connectivity index (χ2v) is 14.1. The number of rotatable bonds is 17. The van der Waals surface area contributed by atoms with Crippen LogP contribution >= 0.6 is 11.3 Å². The molecule has 1 unspecified atom stereocenters. The van der Waals surface area contributed by atoms with Crippen molar-refractivity contribution in [2.45, 2.75) is 51.5 Å². The SMILES string of the molecule is CCN(CCCc1ccccc1)C(=O)CN(C=O)CC(=O)N[C@@H](CC1CCCN(C)C1)C(=O)c1nccs1.N=CN.c1ccc(Cc2ccccc2)cc1. The average molecular weight is 754 g/mol. The van der Waals surface area contributed by atoms with Crippen molar-refractivity contribution >= 4 is 41.7 Å². The van der Waals surface area contributed by atoms with E-state index in [-0.39, 0.29) is 30.7 Å². The van der Waals surface area contributed by atoms with Gasteiger partial charge in [0.25, 0.3) is 0 Å². The van der Waals surface area contributed by atoms with Gasteiger partial charge in [-0.05, 0) is 81.6 Å². The van der Waals surface area contributed by atoms with Gasteiger partial charge in [0.2, 0.25) is 24.0 Å². The Hall–Kier alpha value is -5.20. The minimum Gasteiger partial charge on any atom is -0.390 e. The Kier molecular flexibility index (Phi) is 19.9. The Bertz CT molecular complexity index is 1620. The molecule has 288 valence electrons. The molecule has 0 aliphatic carbocycles. The quantitative estimate of drug-likeness (QED) is 0.0572. The maximum Gasteiger partial charge on any atom is 0.242 e. The van der Waals surface area contributed by atoms with E-state index < -0.39 is 11.9 Å². The summed E-state index contributed by atoms with van der Waals surface area (Å²) in [6.07, 6.45) is 8.09. The second-order valence-electron chi connectivity index (χ2n) is 13.2. The zero-order valence-electron chi connectivity index (χ0n) is 31.5. The first kappa shape index (κ1) is 43.2. The van der Waals surface area contributed by atoms with Gasteiger partial charge < -0.3 is 25.8 Å². The van der Waals surface area contributed by atoms with E-state index in [1.165, 1.54) is 28.0 Å². The van der Waals surface area contributed by atoms with E-state index >= 15 is 0 Å². The standard InChI is InChI=1S/C28H39N5O4S.C13H12.CH4N2/c1-3-33(15-8-11-22-9-5-4-6-10-22)26(36)20-32(21-34)19-25(35)30-24(27(37)28-29-13-16-38-28)17-23-12-7-14-31(2)18-23;1-3-7-12(8-4-1)11-13-9-5-2-6-10-13;2-1-3/h4-6,9-10,13,16,21,23-24H,3,7-8,11-12,14-15,17-20H2,1-2H3,(H,30,35);1-10H,11H2;1H,(H3,2,3)/t23?,24-;;/m0../s1. The predicted octanol–water partition coefficient (Wildman–Crippen LogP) is 5.31. The number of carbonyl (C=O) groups excluding carboxylic acids is 4. The molecule has 1 aliphatic heterocycles. The van der Waals surface area contributed by atoms with Gasteiger partial charge in [-0.1, -0.05) is 91.0 Å². The summed E-state index contributed by atoms with van der Waals surface area (Å²) in [5, 5.41) is 10.8. The molecule has 1 saturated heterocycles. The van der Waals surface area contributed by atoms with Crippen LogP contribution in [0.1, 0.15) is 59.1 Å². The molecule has 1 aliphatic rings. The molecular weight excluding hydrogens is 699 g/mol. The normalized spacial score (nSPS) is 14.1. The number of ketones is 1. The highest BCUT2D eigenvalue weighted by molar-refractivity contribution is 7.11. The number of thiazole rings is 1. The number of hydrogen-bond acceptors (Lipinski definition) is 8. The number of nitrogens with zero attached hydrogens (tertiary/aromatic N) is 4. The number of aromatic nitrogens is 1. The van der Waals surface area contributed by atoms with Crippen molar-refractivity contribution in [2.24, 2.45) is 11.7 Å². The number of amides is 3. The summed E-state index contributed by atoms with van der Waals surface area (Å²) in [5.74, 6) is -0.608. The Morgan fingerprint density at radius 1 is 0.981 bits per heavy atom. The van der Waals surface area contributed by atoms with E-state index in [2.05, 4.69) is 101 Å². The van der Waals surface area contributed by atoms with Crippen molar-refractivity contribution in [1.82, 2.24) is 25.0 Å². The molecule has 0 bridgehead atoms. The van der Waals surface area contributed by atoms with Crippen molar-refractivity contribution in [3.63, 3.8) is 0 Å². The number of nitrogens with two attached hydrogens (primary N) is 1. The number of likely N-dealkylation sites (tertiary alicyclic amines) is 1. The first-order valence-electron chi connectivity index (χ1n) is 18.5. The molecule has 5 rings (SSSR count). The lowest BCUT2D eigenvalue weighted by molar-refractivity contribution is -0.137. The van der Waals surface area contributed by atoms with Crippen LogP contribution < -0.4 is 11.1 Å². The summed E-state index contributed by atoms with van der Waals surface area (Å²) < 4.78 is 0. The highest BCUT2D eigenvalue weighted by Crippen LogP contribution is 2.22. The first-order valence-corrected chi connectivity index (χ1v) is 19.3. The summed E-state index contributed by atoms with van der Waals surface area (Å²) in [6, 6.07) is 30.4. The molecule has 3 amide bonds. The predicted molar refractivity (Wildman–Crippen MR) is 217 cm³/mol. The monoisotopic (exact) mass is 753 g/mol. The molecule has 2 atom stereocenters. The van der Waals surface area contributed by atoms with Crippen LogP contribution in [0.15, 0.2) is 103 Å². The van der Waals surface area contributed by atoms with E-state index in [9.17, 15) is 19.2 Å². The summed E-state index contributed by atoms with van der Waals surface area (Å²) in [5.41, 5.74) is 8.34. The van der Waals surface area contributed by atoms with Crippen LogP contribution in [-0.4, -0.2) is 102 Å². The number of carbonyl (C=O) groups is 4. The number of hydrogen-bond donors (Lipinski definition) is 3. The van der Waals surface area contributed by atoms with E-state index in [1.54, 1.807) is 16.5 Å². The molecule has 54 heavy (non-hydrogen) atoms. The van der Waals surface area contributed by atoms with Gasteiger partial charge in [0.15, 0.2) is 5.01 Å². The second kappa shape index (κ2) is 24.9. The van der Waals surface area contributed by atoms with Crippen LogP contribution in [0.3, 0.4) is 0 Å². The van der Waals surface area contributed by atoms with Gasteiger partial charge in [0.1, 0.15) is 6.54 Å². The van der Waals surface area contributed by atoms with Crippen molar-refractivity contribution < 1.29 is 19.2 Å². The maximum absolute atomic E-state index is 13.1. The fraction of sp³-hybridized carbons (Fsp3) is 0.381. The molecule has 4 N–H and O–H groups in total. The molecule has 0 spiro atoms. The summed E-state index contributed by atoms with van der Waals surface area (Å²) >= 11 is 1.25. The average Bonchev–Trinajstić information content (AvgIpc) is 3.73. The van der Waals surface area contributed by atoms with Gasteiger partial charge >= 0.3 is 0 Å².